The molecule has 0 aliphatic carbocycles. The molecule has 83 heavy (non-hydrogen) atoms. The maximum atomic E-state index is 7.37. The Balaban J connectivity index is 1.02. The highest BCUT2D eigenvalue weighted by molar-refractivity contribution is 7.05. The van der Waals surface area contributed by atoms with Crippen LogP contribution in [0.4, 0.5) is 51.2 Å². The molecule has 12 aromatic rings. The average molecular weight is 1060 g/mol. The zero-order valence-electron chi connectivity index (χ0n) is 47.6. The first kappa shape index (κ1) is 48.3. The van der Waals surface area contributed by atoms with E-state index in [1.165, 1.54) is 116 Å². The number of nitrogens with zero attached hydrogens (tertiary/aromatic N) is 4. The van der Waals surface area contributed by atoms with Gasteiger partial charge in [0, 0.05) is 79.2 Å². The van der Waals surface area contributed by atoms with Gasteiger partial charge < -0.3 is 24.0 Å². The van der Waals surface area contributed by atoms with E-state index in [9.17, 15) is 0 Å². The van der Waals surface area contributed by atoms with Crippen LogP contribution in [0.3, 0.4) is 0 Å². The van der Waals surface area contributed by atoms with E-state index in [2.05, 4.69) is 291 Å². The molecule has 8 heteroatoms. The van der Waals surface area contributed by atoms with Gasteiger partial charge in [-0.3, -0.25) is 0 Å². The van der Waals surface area contributed by atoms with Crippen LogP contribution in [-0.4, -0.2) is 24.7 Å². The molecule has 11 aromatic carbocycles. The Labute approximate surface area is 487 Å². The van der Waals surface area contributed by atoms with E-state index in [4.69, 9.17) is 4.74 Å². The van der Waals surface area contributed by atoms with Gasteiger partial charge in [-0.05, 0) is 151 Å². The molecule has 0 spiro atoms. The molecule has 0 atom stereocenters. The fourth-order valence-corrected chi connectivity index (χ4v) is 15.4. The topological polar surface area (TPSA) is 23.9 Å². The standard InChI is InChI=1S/C75H59B3N4O/c1-45(2)48-39-55(46(3)4)71(56(40-48)47(5)6)78-59-32-18-21-36-69(59)83-70-44-66-61(42-62(70)78)77-58-38-37-52(79(49-23-10-7-11-24-49)50-25-12-8-13-26-50)41-65(58)82-64-35-20-17-31-57(64)76-60-33-22-30-54-53-29-16-19-34-63(53)81(74(54)60)68-43-67(72(77)75(82)73(68)76)80(66)51-27-14-9-15-28-51/h7-47H,1-6H3. The lowest BCUT2D eigenvalue weighted by atomic mass is 9.28. The van der Waals surface area contributed by atoms with Crippen LogP contribution in [0, 0.1) is 0 Å². The molecule has 5 nitrogen and oxygen atoms in total. The zero-order chi connectivity index (χ0) is 55.5. The molecule has 6 heterocycles. The first-order valence-electron chi connectivity index (χ1n) is 29.9. The lowest BCUT2D eigenvalue weighted by molar-refractivity contribution is 0.487. The molecule has 0 saturated heterocycles. The van der Waals surface area contributed by atoms with Gasteiger partial charge in [0.2, 0.25) is 0 Å². The summed E-state index contributed by atoms with van der Waals surface area (Å²) in [6, 6.07) is 87.0. The van der Waals surface area contributed by atoms with Crippen LogP contribution in [0.25, 0.3) is 27.5 Å². The summed E-state index contributed by atoms with van der Waals surface area (Å²) in [5, 5.41) is 2.55. The van der Waals surface area contributed by atoms with E-state index in [0.717, 1.165) is 39.9 Å². The van der Waals surface area contributed by atoms with E-state index in [-0.39, 0.29) is 20.1 Å². The summed E-state index contributed by atoms with van der Waals surface area (Å²) >= 11 is 0. The number of hydrogen-bond acceptors (Lipinski definition) is 4. The molecule has 0 amide bonds. The molecule has 0 fully saturated rings. The quantitative estimate of drug-likeness (QED) is 0.142. The second-order valence-corrected chi connectivity index (χ2v) is 24.5. The normalized spacial score (nSPS) is 13.7. The van der Waals surface area contributed by atoms with Crippen LogP contribution >= 0.6 is 0 Å². The van der Waals surface area contributed by atoms with Crippen molar-refractivity contribution < 1.29 is 4.74 Å². The zero-order valence-corrected chi connectivity index (χ0v) is 47.6. The number of hydrogen-bond donors (Lipinski definition) is 0. The summed E-state index contributed by atoms with van der Waals surface area (Å²) in [4.78, 5) is 7.68. The van der Waals surface area contributed by atoms with Gasteiger partial charge in [0.05, 0.1) is 5.52 Å². The summed E-state index contributed by atoms with van der Waals surface area (Å²) < 4.78 is 9.99. The molecule has 0 bridgehead atoms. The van der Waals surface area contributed by atoms with E-state index < -0.39 is 0 Å². The molecule has 17 rings (SSSR count). The fourth-order valence-electron chi connectivity index (χ4n) is 15.4. The predicted molar refractivity (Wildman–Crippen MR) is 354 cm³/mol. The second-order valence-electron chi connectivity index (χ2n) is 24.5. The molecular weight excluding hydrogens is 1010 g/mol. The highest BCUT2D eigenvalue weighted by atomic mass is 16.5. The van der Waals surface area contributed by atoms with E-state index in [1.807, 2.05) is 0 Å². The van der Waals surface area contributed by atoms with E-state index >= 15 is 0 Å². The lowest BCUT2D eigenvalue weighted by Crippen LogP contribution is -2.69. The third-order valence-corrected chi connectivity index (χ3v) is 18.9. The van der Waals surface area contributed by atoms with Crippen LogP contribution in [0.15, 0.2) is 231 Å². The van der Waals surface area contributed by atoms with Crippen LogP contribution in [0.5, 0.6) is 11.5 Å². The predicted octanol–water partition coefficient (Wildman–Crippen LogP) is 13.5. The first-order valence-corrected chi connectivity index (χ1v) is 29.9. The van der Waals surface area contributed by atoms with Gasteiger partial charge in [0.25, 0.3) is 20.1 Å². The molecule has 394 valence electrons. The first-order chi connectivity index (χ1) is 40.7. The Hall–Kier alpha value is -9.39. The Morgan fingerprint density at radius 2 is 0.940 bits per heavy atom. The summed E-state index contributed by atoms with van der Waals surface area (Å²) in [6.07, 6.45) is 0. The fraction of sp³-hybridized carbons (Fsp3) is 0.120. The number of para-hydroxylation sites is 7. The van der Waals surface area contributed by atoms with Crippen molar-refractivity contribution in [2.45, 2.75) is 59.3 Å². The van der Waals surface area contributed by atoms with Crippen molar-refractivity contribution in [3.8, 4) is 17.2 Å². The second kappa shape index (κ2) is 18.1. The van der Waals surface area contributed by atoms with Gasteiger partial charge in [-0.15, -0.1) is 0 Å². The van der Waals surface area contributed by atoms with Crippen molar-refractivity contribution in [1.82, 2.24) is 4.57 Å². The third-order valence-electron chi connectivity index (χ3n) is 18.9. The van der Waals surface area contributed by atoms with E-state index in [0.29, 0.717) is 17.8 Å². The highest BCUT2D eigenvalue weighted by Crippen LogP contribution is 2.50. The monoisotopic (exact) mass is 1060 g/mol. The van der Waals surface area contributed by atoms with Crippen molar-refractivity contribution in [1.29, 1.82) is 0 Å². The highest BCUT2D eigenvalue weighted by Gasteiger charge is 2.52. The SMILES string of the molecule is CC(C)c1cc(C(C)C)c(B2c3ccccc3Oc3cc4c(cc32)B2c3ccc(N(c5ccccc5)c5ccccc5)cc3N3c5ccccc5B5c6c(cc(c2c63)N4c2ccccc2)-n2c3ccccc3c3cccc5c32)c(C(C)C)c1. The molecule has 0 radical (unpaired) electrons. The van der Waals surface area contributed by atoms with Gasteiger partial charge >= 0.3 is 0 Å². The van der Waals surface area contributed by atoms with Crippen LogP contribution < -0.4 is 68.6 Å². The van der Waals surface area contributed by atoms with Gasteiger partial charge in [-0.2, -0.15) is 0 Å². The maximum Gasteiger partial charge on any atom is 0.252 e. The molecule has 0 unspecified atom stereocenters. The molecule has 5 aliphatic rings. The van der Waals surface area contributed by atoms with Crippen molar-refractivity contribution in [2.24, 2.45) is 0 Å². The van der Waals surface area contributed by atoms with Crippen LogP contribution in [-0.2, 0) is 0 Å². The minimum Gasteiger partial charge on any atom is -0.458 e. The van der Waals surface area contributed by atoms with Crippen molar-refractivity contribution in [3.63, 3.8) is 0 Å². The smallest absolute Gasteiger partial charge is 0.252 e. The van der Waals surface area contributed by atoms with Crippen molar-refractivity contribution in [3.05, 3.63) is 247 Å². The van der Waals surface area contributed by atoms with Gasteiger partial charge in [0.15, 0.2) is 0 Å². The molecule has 1 aromatic heterocycles. The average Bonchev–Trinajstić information content (AvgIpc) is 2.43. The Morgan fingerprint density at radius 3 is 1.66 bits per heavy atom. The Kier molecular flexibility index (Phi) is 10.5. The Morgan fingerprint density at radius 1 is 0.361 bits per heavy atom. The van der Waals surface area contributed by atoms with Gasteiger partial charge in [-0.1, -0.05) is 199 Å². The van der Waals surface area contributed by atoms with Crippen LogP contribution in [0.1, 0.15) is 76.0 Å². The summed E-state index contributed by atoms with van der Waals surface area (Å²) in [5.74, 6) is 2.82. The number of fused-ring (bicyclic) bond motifs is 15. The number of rotatable bonds is 8. The third kappa shape index (κ3) is 6.81. The lowest BCUT2D eigenvalue weighted by Gasteiger charge is -2.50. The van der Waals surface area contributed by atoms with Gasteiger partial charge in [-0.25, -0.2) is 0 Å². The van der Waals surface area contributed by atoms with E-state index in [1.54, 1.807) is 0 Å². The molecule has 0 N–H and O–H groups in total. The molecular formula is C75H59B3N4O. The molecule has 0 saturated carbocycles. The summed E-state index contributed by atoms with van der Waals surface area (Å²) in [6.45, 7) is 14.0. The largest absolute Gasteiger partial charge is 0.458 e. The summed E-state index contributed by atoms with van der Waals surface area (Å²) in [5.41, 5.74) is 30.1. The number of benzene rings is 11. The minimum absolute atomic E-state index is 0.0177. The number of anilines is 9. The number of ether oxygens (including phenoxy) is 1. The van der Waals surface area contributed by atoms with Crippen molar-refractivity contribution in [2.75, 3.05) is 14.7 Å². The maximum absolute atomic E-state index is 7.37. The van der Waals surface area contributed by atoms with Crippen LogP contribution in [0.2, 0.25) is 0 Å². The minimum atomic E-state index is -0.160. The summed E-state index contributed by atoms with van der Waals surface area (Å²) in [7, 11) is 0. The van der Waals surface area contributed by atoms with Gasteiger partial charge in [0.1, 0.15) is 11.5 Å². The molecule has 5 aliphatic heterocycles. The Bertz CT molecular complexity index is 4620. The van der Waals surface area contributed by atoms with Crippen molar-refractivity contribution >= 4 is 142 Å². The number of aromatic nitrogens is 1.